The molecule has 1 saturated heterocycles. The molecule has 1 aliphatic heterocycles. The van der Waals surface area contributed by atoms with E-state index in [9.17, 15) is 5.11 Å². The van der Waals surface area contributed by atoms with E-state index in [-0.39, 0.29) is 5.75 Å². The summed E-state index contributed by atoms with van der Waals surface area (Å²) in [6.07, 6.45) is 0. The zero-order valence-electron chi connectivity index (χ0n) is 10.2. The lowest BCUT2D eigenvalue weighted by Gasteiger charge is -2.15. The Kier molecular flexibility index (Phi) is 2.79. The molecule has 0 bridgehead atoms. The Labute approximate surface area is 101 Å². The molecule has 0 saturated carbocycles. The number of benzene rings is 1. The first-order valence-electron chi connectivity index (χ1n) is 5.35. The van der Waals surface area contributed by atoms with Crippen LogP contribution in [0.3, 0.4) is 0 Å². The van der Waals surface area contributed by atoms with E-state index >= 15 is 0 Å². The highest BCUT2D eigenvalue weighted by atomic mass is 16.7. The molecule has 2 rings (SSSR count). The number of hydrogen-bond donors (Lipinski definition) is 1. The number of rotatable bonds is 2. The summed E-state index contributed by atoms with van der Waals surface area (Å²) in [5, 5.41) is 9.80. The van der Waals surface area contributed by atoms with Crippen molar-refractivity contribution in [1.29, 1.82) is 0 Å². The second-order valence-corrected chi connectivity index (χ2v) is 4.43. The van der Waals surface area contributed by atoms with E-state index in [1.165, 1.54) is 0 Å². The zero-order valence-corrected chi connectivity index (χ0v) is 10.2. The molecule has 0 amide bonds. The van der Waals surface area contributed by atoms with Crippen molar-refractivity contribution in [2.24, 2.45) is 0 Å². The van der Waals surface area contributed by atoms with Gasteiger partial charge in [-0.3, -0.25) is 0 Å². The lowest BCUT2D eigenvalue weighted by molar-refractivity contribution is 0.173. The maximum absolute atomic E-state index is 9.80. The van der Waals surface area contributed by atoms with Gasteiger partial charge in [0.25, 0.3) is 0 Å². The van der Waals surface area contributed by atoms with E-state index in [0.717, 1.165) is 0 Å². The van der Waals surface area contributed by atoms with Gasteiger partial charge in [-0.15, -0.1) is 0 Å². The summed E-state index contributed by atoms with van der Waals surface area (Å²) < 4.78 is 16.3. The van der Waals surface area contributed by atoms with Crippen LogP contribution in [0.5, 0.6) is 11.5 Å². The lowest BCUT2D eigenvalue weighted by Crippen LogP contribution is -2.34. The molecular weight excluding hydrogens is 219 g/mol. The van der Waals surface area contributed by atoms with Gasteiger partial charge in [0.05, 0.1) is 12.9 Å². The Hall–Kier alpha value is -1.62. The smallest absolute Gasteiger partial charge is 0.534 e. The SMILES string of the molecule is C=C1OB(c2cc(OC)ccc2O)OC1(C)C. The normalized spacial score (nSPS) is 18.1. The van der Waals surface area contributed by atoms with Gasteiger partial charge in [0.1, 0.15) is 17.1 Å². The number of phenols is 1. The number of methoxy groups -OCH3 is 1. The van der Waals surface area contributed by atoms with E-state index < -0.39 is 12.7 Å². The van der Waals surface area contributed by atoms with Crippen LogP contribution in [-0.4, -0.2) is 24.9 Å². The first-order chi connectivity index (χ1) is 7.94. The molecule has 0 aromatic heterocycles. The number of aromatic hydroxyl groups is 1. The number of hydrogen-bond acceptors (Lipinski definition) is 4. The molecule has 5 heteroatoms. The standard InChI is InChI=1S/C12H15BO4/c1-8-12(2,3)17-13(16-8)10-7-9(15-4)5-6-11(10)14/h5-7,14H,1H2,2-4H3. The van der Waals surface area contributed by atoms with Crippen LogP contribution in [0.4, 0.5) is 0 Å². The summed E-state index contributed by atoms with van der Waals surface area (Å²) in [7, 11) is 0.919. The highest BCUT2D eigenvalue weighted by Gasteiger charge is 2.44. The second-order valence-electron chi connectivity index (χ2n) is 4.43. The fraction of sp³-hybridized carbons (Fsp3) is 0.333. The van der Waals surface area contributed by atoms with Crippen molar-refractivity contribution in [3.05, 3.63) is 30.5 Å². The summed E-state index contributed by atoms with van der Waals surface area (Å²) >= 11 is 0. The lowest BCUT2D eigenvalue weighted by atomic mass is 9.78. The topological polar surface area (TPSA) is 47.9 Å². The molecule has 0 spiro atoms. The van der Waals surface area contributed by atoms with E-state index in [4.69, 9.17) is 14.0 Å². The molecule has 0 radical (unpaired) electrons. The molecule has 0 atom stereocenters. The number of ether oxygens (including phenoxy) is 1. The minimum atomic E-state index is -0.646. The summed E-state index contributed by atoms with van der Waals surface area (Å²) in [6, 6.07) is 4.91. The molecule has 90 valence electrons. The first kappa shape index (κ1) is 11.9. The van der Waals surface area contributed by atoms with Gasteiger partial charge in [-0.1, -0.05) is 6.58 Å². The highest BCUT2D eigenvalue weighted by Crippen LogP contribution is 2.30. The summed E-state index contributed by atoms with van der Waals surface area (Å²) in [6.45, 7) is 7.53. The molecule has 1 aromatic rings. The third-order valence-electron chi connectivity index (χ3n) is 2.81. The van der Waals surface area contributed by atoms with Crippen molar-refractivity contribution in [3.63, 3.8) is 0 Å². The molecule has 0 aliphatic carbocycles. The van der Waals surface area contributed by atoms with Gasteiger partial charge in [-0.05, 0) is 32.0 Å². The van der Waals surface area contributed by atoms with Gasteiger partial charge in [-0.25, -0.2) is 0 Å². The summed E-state index contributed by atoms with van der Waals surface area (Å²) in [5.41, 5.74) is -0.0173. The van der Waals surface area contributed by atoms with Gasteiger partial charge in [0.15, 0.2) is 0 Å². The molecule has 1 fully saturated rings. The van der Waals surface area contributed by atoms with Gasteiger partial charge < -0.3 is 19.2 Å². The first-order valence-corrected chi connectivity index (χ1v) is 5.35. The van der Waals surface area contributed by atoms with Crippen LogP contribution in [0, 0.1) is 0 Å². The van der Waals surface area contributed by atoms with Crippen molar-refractivity contribution >= 4 is 12.6 Å². The van der Waals surface area contributed by atoms with Crippen LogP contribution >= 0.6 is 0 Å². The van der Waals surface area contributed by atoms with Gasteiger partial charge in [0, 0.05) is 5.46 Å². The van der Waals surface area contributed by atoms with Gasteiger partial charge in [-0.2, -0.15) is 0 Å². The predicted molar refractivity (Wildman–Crippen MR) is 65.4 cm³/mol. The second kappa shape index (κ2) is 4.00. The predicted octanol–water partition coefficient (Wildman–Crippen LogP) is 1.44. The summed E-state index contributed by atoms with van der Waals surface area (Å²) in [4.78, 5) is 0. The van der Waals surface area contributed by atoms with Crippen molar-refractivity contribution in [1.82, 2.24) is 0 Å². The monoisotopic (exact) mass is 234 g/mol. The van der Waals surface area contributed by atoms with Crippen LogP contribution in [0.15, 0.2) is 30.5 Å². The minimum absolute atomic E-state index is 0.112. The van der Waals surface area contributed by atoms with Crippen molar-refractivity contribution in [2.75, 3.05) is 7.11 Å². The van der Waals surface area contributed by atoms with Crippen LogP contribution < -0.4 is 10.2 Å². The summed E-state index contributed by atoms with van der Waals surface area (Å²) in [5.74, 6) is 1.30. The van der Waals surface area contributed by atoms with Gasteiger partial charge in [0.2, 0.25) is 0 Å². The van der Waals surface area contributed by atoms with Crippen LogP contribution in [0.25, 0.3) is 0 Å². The number of phenolic OH excluding ortho intramolecular Hbond substituents is 1. The maximum Gasteiger partial charge on any atom is 0.567 e. The molecular formula is C12H15BO4. The highest BCUT2D eigenvalue weighted by molar-refractivity contribution is 6.63. The zero-order chi connectivity index (χ0) is 12.6. The molecule has 1 heterocycles. The average molecular weight is 234 g/mol. The van der Waals surface area contributed by atoms with Crippen molar-refractivity contribution in [2.45, 2.75) is 19.4 Å². The molecule has 17 heavy (non-hydrogen) atoms. The third kappa shape index (κ3) is 2.10. The average Bonchev–Trinajstić information content (AvgIpc) is 2.54. The fourth-order valence-corrected chi connectivity index (χ4v) is 1.60. The third-order valence-corrected chi connectivity index (χ3v) is 2.81. The molecule has 1 aromatic carbocycles. The Morgan fingerprint density at radius 1 is 1.41 bits per heavy atom. The minimum Gasteiger partial charge on any atom is -0.534 e. The largest absolute Gasteiger partial charge is 0.567 e. The van der Waals surface area contributed by atoms with E-state index in [1.807, 2.05) is 13.8 Å². The van der Waals surface area contributed by atoms with E-state index in [1.54, 1.807) is 25.3 Å². The molecule has 1 aliphatic rings. The van der Waals surface area contributed by atoms with Crippen LogP contribution in [0.1, 0.15) is 13.8 Å². The fourth-order valence-electron chi connectivity index (χ4n) is 1.60. The van der Waals surface area contributed by atoms with E-state index in [2.05, 4.69) is 6.58 Å². The Morgan fingerprint density at radius 2 is 2.12 bits per heavy atom. The quantitative estimate of drug-likeness (QED) is 0.786. The van der Waals surface area contributed by atoms with Crippen LogP contribution in [-0.2, 0) is 9.31 Å². The molecule has 4 nitrogen and oxygen atoms in total. The molecule has 1 N–H and O–H groups in total. The van der Waals surface area contributed by atoms with Gasteiger partial charge >= 0.3 is 7.12 Å². The van der Waals surface area contributed by atoms with E-state index in [0.29, 0.717) is 17.0 Å². The Morgan fingerprint density at radius 3 is 2.65 bits per heavy atom. The maximum atomic E-state index is 9.80. The Balaban J connectivity index is 2.33. The van der Waals surface area contributed by atoms with Crippen molar-refractivity contribution in [3.8, 4) is 11.5 Å². The molecule has 0 unspecified atom stereocenters. The van der Waals surface area contributed by atoms with Crippen LogP contribution in [0.2, 0.25) is 0 Å². The van der Waals surface area contributed by atoms with Crippen molar-refractivity contribution < 1.29 is 19.2 Å². The Bertz CT molecular complexity index is 456.